The van der Waals surface area contributed by atoms with Crippen molar-refractivity contribution in [3.63, 3.8) is 0 Å². The number of nitrogens with one attached hydrogen (secondary N) is 1. The summed E-state index contributed by atoms with van der Waals surface area (Å²) in [6, 6.07) is 18.6. The third-order valence-corrected chi connectivity index (χ3v) is 4.83. The molecule has 0 saturated heterocycles. The quantitative estimate of drug-likeness (QED) is 0.630. The summed E-state index contributed by atoms with van der Waals surface area (Å²) in [6.45, 7) is 1.27. The van der Waals surface area contributed by atoms with E-state index in [1.807, 2.05) is 24.3 Å². The number of nitrogens with two attached hydrogens (primary N) is 1. The highest BCUT2D eigenvalue weighted by atomic mass is 16.5. The number of aliphatic imine (C=N–C) groups is 1. The molecule has 0 radical (unpaired) electrons. The zero-order valence-corrected chi connectivity index (χ0v) is 14.2. The Labute approximate surface area is 143 Å². The topological polar surface area (TPSA) is 59.6 Å². The number of para-hydroxylation sites is 1. The summed E-state index contributed by atoms with van der Waals surface area (Å²) in [5.74, 6) is 0.459. The van der Waals surface area contributed by atoms with Crippen LogP contribution in [-0.2, 0) is 16.8 Å². The molecule has 0 aromatic heterocycles. The van der Waals surface area contributed by atoms with E-state index in [1.165, 1.54) is 24.8 Å². The Morgan fingerprint density at radius 3 is 2.50 bits per heavy atom. The molecule has 0 amide bonds. The Hall–Kier alpha value is -2.33. The van der Waals surface area contributed by atoms with E-state index in [4.69, 9.17) is 10.5 Å². The van der Waals surface area contributed by atoms with E-state index in [0.717, 1.165) is 17.8 Å². The predicted molar refractivity (Wildman–Crippen MR) is 99.2 cm³/mol. The Morgan fingerprint density at radius 2 is 1.83 bits per heavy atom. The SMILES string of the molecule is COCc1ccccc1NC(N)=NCC1(c2ccccc2)CCC1. The van der Waals surface area contributed by atoms with Crippen molar-refractivity contribution in [1.29, 1.82) is 0 Å². The van der Waals surface area contributed by atoms with Crippen LogP contribution in [0.15, 0.2) is 59.6 Å². The summed E-state index contributed by atoms with van der Waals surface area (Å²) in [6.07, 6.45) is 3.61. The summed E-state index contributed by atoms with van der Waals surface area (Å²) in [5, 5.41) is 3.22. The van der Waals surface area contributed by atoms with Gasteiger partial charge >= 0.3 is 0 Å². The molecule has 1 saturated carbocycles. The second kappa shape index (κ2) is 7.49. The first kappa shape index (κ1) is 16.5. The summed E-state index contributed by atoms with van der Waals surface area (Å²) < 4.78 is 5.23. The lowest BCUT2D eigenvalue weighted by Gasteiger charge is -2.41. The van der Waals surface area contributed by atoms with Crippen LogP contribution in [0.25, 0.3) is 0 Å². The smallest absolute Gasteiger partial charge is 0.193 e. The number of guanidine groups is 1. The van der Waals surface area contributed by atoms with E-state index in [9.17, 15) is 0 Å². The fourth-order valence-electron chi connectivity index (χ4n) is 3.27. The van der Waals surface area contributed by atoms with E-state index in [1.54, 1.807) is 7.11 Å². The van der Waals surface area contributed by atoms with Gasteiger partial charge in [0.2, 0.25) is 0 Å². The van der Waals surface area contributed by atoms with Crippen molar-refractivity contribution in [2.75, 3.05) is 19.0 Å². The van der Waals surface area contributed by atoms with Crippen LogP contribution in [0.3, 0.4) is 0 Å². The van der Waals surface area contributed by atoms with Crippen molar-refractivity contribution >= 4 is 11.6 Å². The van der Waals surface area contributed by atoms with Crippen LogP contribution in [0.1, 0.15) is 30.4 Å². The van der Waals surface area contributed by atoms with Gasteiger partial charge in [0.15, 0.2) is 5.96 Å². The van der Waals surface area contributed by atoms with E-state index in [2.05, 4.69) is 40.6 Å². The van der Waals surface area contributed by atoms with Gasteiger partial charge in [-0.25, -0.2) is 0 Å². The minimum atomic E-state index is 0.152. The molecule has 1 fully saturated rings. The first-order valence-electron chi connectivity index (χ1n) is 8.43. The number of nitrogens with zero attached hydrogens (tertiary/aromatic N) is 1. The molecule has 0 aliphatic heterocycles. The number of methoxy groups -OCH3 is 1. The Morgan fingerprint density at radius 1 is 1.12 bits per heavy atom. The molecule has 0 heterocycles. The fourth-order valence-corrected chi connectivity index (χ4v) is 3.27. The van der Waals surface area contributed by atoms with Crippen LogP contribution < -0.4 is 11.1 Å². The first-order chi connectivity index (χ1) is 11.7. The average Bonchev–Trinajstić information content (AvgIpc) is 2.57. The van der Waals surface area contributed by atoms with Crippen LogP contribution >= 0.6 is 0 Å². The minimum absolute atomic E-state index is 0.152. The van der Waals surface area contributed by atoms with Crippen molar-refractivity contribution < 1.29 is 4.74 Å². The highest BCUT2D eigenvalue weighted by Crippen LogP contribution is 2.43. The maximum absolute atomic E-state index is 6.13. The van der Waals surface area contributed by atoms with Gasteiger partial charge in [0.1, 0.15) is 0 Å². The lowest BCUT2D eigenvalue weighted by atomic mass is 9.64. The number of rotatable bonds is 6. The highest BCUT2D eigenvalue weighted by Gasteiger charge is 2.38. The molecule has 3 rings (SSSR count). The molecule has 4 heteroatoms. The molecular formula is C20H25N3O. The van der Waals surface area contributed by atoms with E-state index in [-0.39, 0.29) is 5.41 Å². The Kier molecular flexibility index (Phi) is 5.16. The van der Waals surface area contributed by atoms with Crippen molar-refractivity contribution in [3.8, 4) is 0 Å². The molecule has 2 aromatic rings. The monoisotopic (exact) mass is 323 g/mol. The lowest BCUT2D eigenvalue weighted by molar-refractivity contribution is 0.185. The van der Waals surface area contributed by atoms with Crippen LogP contribution in [-0.4, -0.2) is 19.6 Å². The van der Waals surface area contributed by atoms with Crippen molar-refractivity contribution in [2.45, 2.75) is 31.3 Å². The summed E-state index contributed by atoms with van der Waals surface area (Å²) in [5.41, 5.74) is 9.67. The molecule has 0 bridgehead atoms. The van der Waals surface area contributed by atoms with Gasteiger partial charge in [-0.2, -0.15) is 0 Å². The number of anilines is 1. The largest absolute Gasteiger partial charge is 0.380 e. The molecule has 126 valence electrons. The van der Waals surface area contributed by atoms with E-state index >= 15 is 0 Å². The first-order valence-corrected chi connectivity index (χ1v) is 8.43. The Bertz CT molecular complexity index is 693. The van der Waals surface area contributed by atoms with Crippen LogP contribution in [0, 0.1) is 0 Å². The van der Waals surface area contributed by atoms with Crippen LogP contribution in [0.2, 0.25) is 0 Å². The number of hydrogen-bond donors (Lipinski definition) is 2. The van der Waals surface area contributed by atoms with Gasteiger partial charge in [-0.15, -0.1) is 0 Å². The van der Waals surface area contributed by atoms with Gasteiger partial charge < -0.3 is 15.8 Å². The van der Waals surface area contributed by atoms with Gasteiger partial charge in [0.05, 0.1) is 13.2 Å². The number of benzene rings is 2. The van der Waals surface area contributed by atoms with Gasteiger partial charge in [-0.3, -0.25) is 4.99 Å². The molecule has 0 atom stereocenters. The highest BCUT2D eigenvalue weighted by molar-refractivity contribution is 5.93. The van der Waals surface area contributed by atoms with Crippen LogP contribution in [0.5, 0.6) is 0 Å². The van der Waals surface area contributed by atoms with Crippen molar-refractivity contribution in [3.05, 3.63) is 65.7 Å². The molecule has 1 aliphatic rings. The third kappa shape index (κ3) is 3.60. The number of hydrogen-bond acceptors (Lipinski definition) is 2. The lowest BCUT2D eigenvalue weighted by Crippen LogP contribution is -2.38. The van der Waals surface area contributed by atoms with Gasteiger partial charge in [0, 0.05) is 23.8 Å². The zero-order chi connectivity index (χ0) is 16.8. The Balaban J connectivity index is 1.70. The maximum atomic E-state index is 6.13. The predicted octanol–water partition coefficient (Wildman–Crippen LogP) is 3.68. The molecule has 2 aromatic carbocycles. The molecular weight excluding hydrogens is 298 g/mol. The molecule has 24 heavy (non-hydrogen) atoms. The van der Waals surface area contributed by atoms with E-state index in [0.29, 0.717) is 12.6 Å². The molecule has 0 unspecified atom stereocenters. The molecule has 4 nitrogen and oxygen atoms in total. The summed E-state index contributed by atoms with van der Waals surface area (Å²) >= 11 is 0. The number of ether oxygens (including phenoxy) is 1. The van der Waals surface area contributed by atoms with E-state index < -0.39 is 0 Å². The standard InChI is InChI=1S/C20H25N3O/c1-24-14-16-8-5-6-11-18(16)23-19(21)22-15-20(12-7-13-20)17-9-3-2-4-10-17/h2-6,8-11H,7,12-15H2,1H3,(H3,21,22,23). The minimum Gasteiger partial charge on any atom is -0.380 e. The normalized spacial score (nSPS) is 16.5. The van der Waals surface area contributed by atoms with Crippen molar-refractivity contribution in [1.82, 2.24) is 0 Å². The van der Waals surface area contributed by atoms with Gasteiger partial charge in [-0.05, 0) is 24.5 Å². The summed E-state index contributed by atoms with van der Waals surface area (Å²) in [7, 11) is 1.69. The maximum Gasteiger partial charge on any atom is 0.193 e. The zero-order valence-electron chi connectivity index (χ0n) is 14.2. The van der Waals surface area contributed by atoms with Gasteiger partial charge in [-0.1, -0.05) is 55.0 Å². The average molecular weight is 323 g/mol. The summed E-state index contributed by atoms with van der Waals surface area (Å²) in [4.78, 5) is 4.63. The molecule has 0 spiro atoms. The van der Waals surface area contributed by atoms with Crippen molar-refractivity contribution in [2.24, 2.45) is 10.7 Å². The second-order valence-electron chi connectivity index (χ2n) is 6.42. The van der Waals surface area contributed by atoms with Gasteiger partial charge in [0.25, 0.3) is 0 Å². The molecule has 3 N–H and O–H groups in total. The molecule has 1 aliphatic carbocycles. The third-order valence-electron chi connectivity index (χ3n) is 4.83. The second-order valence-corrected chi connectivity index (χ2v) is 6.42. The fraction of sp³-hybridized carbons (Fsp3) is 0.350. The van der Waals surface area contributed by atoms with Crippen LogP contribution in [0.4, 0.5) is 5.69 Å².